The molecule has 0 spiro atoms. The van der Waals surface area contributed by atoms with Crippen molar-refractivity contribution in [2.24, 2.45) is 0 Å². The normalized spacial score (nSPS) is 12.6. The van der Waals surface area contributed by atoms with Crippen molar-refractivity contribution >= 4 is 27.2 Å². The van der Waals surface area contributed by atoms with Crippen molar-refractivity contribution in [1.82, 2.24) is 10.2 Å². The maximum atomic E-state index is 12.1. The Balaban J connectivity index is 1.87. The molecule has 1 atom stereocenters. The number of hydrogen-bond acceptors (Lipinski definition) is 4. The summed E-state index contributed by atoms with van der Waals surface area (Å²) >= 11 is 1.58. The molecule has 2 aromatic rings. The first-order valence-corrected chi connectivity index (χ1v) is 9.77. The molecular weight excluding hydrogens is 332 g/mol. The summed E-state index contributed by atoms with van der Waals surface area (Å²) < 4.78 is 24.3. The van der Waals surface area contributed by atoms with E-state index in [1.165, 1.54) is 0 Å². The van der Waals surface area contributed by atoms with Crippen molar-refractivity contribution in [3.63, 3.8) is 0 Å². The van der Waals surface area contributed by atoms with Gasteiger partial charge in [0, 0.05) is 18.5 Å². The molecule has 124 valence electrons. The Morgan fingerprint density at radius 3 is 2.52 bits per heavy atom. The highest BCUT2D eigenvalue weighted by Crippen LogP contribution is 2.23. The number of rotatable bonds is 6. The van der Waals surface area contributed by atoms with Gasteiger partial charge in [0.2, 0.25) is 0 Å². The van der Waals surface area contributed by atoms with E-state index in [1.54, 1.807) is 53.6 Å². The van der Waals surface area contributed by atoms with E-state index in [0.717, 1.165) is 4.88 Å². The van der Waals surface area contributed by atoms with Gasteiger partial charge < -0.3 is 10.2 Å². The second-order valence-corrected chi connectivity index (χ2v) is 8.25. The number of benzene rings is 1. The van der Waals surface area contributed by atoms with Crippen LogP contribution in [-0.2, 0) is 9.84 Å². The summed E-state index contributed by atoms with van der Waals surface area (Å²) in [4.78, 5) is 15.1. The van der Waals surface area contributed by atoms with Crippen LogP contribution >= 0.6 is 11.3 Å². The molecule has 0 aliphatic rings. The van der Waals surface area contributed by atoms with Crippen LogP contribution in [0.2, 0.25) is 0 Å². The average Bonchev–Trinajstić information content (AvgIpc) is 3.08. The lowest BCUT2D eigenvalue weighted by atomic mass is 10.2. The van der Waals surface area contributed by atoms with Gasteiger partial charge in [0.25, 0.3) is 0 Å². The summed E-state index contributed by atoms with van der Waals surface area (Å²) in [6.07, 6.45) is 0. The third-order valence-electron chi connectivity index (χ3n) is 3.61. The summed E-state index contributed by atoms with van der Waals surface area (Å²) in [5.74, 6) is -0.121. The highest BCUT2D eigenvalue weighted by molar-refractivity contribution is 7.91. The Labute approximate surface area is 140 Å². The summed E-state index contributed by atoms with van der Waals surface area (Å²) in [5, 5.41) is 4.63. The Bertz CT molecular complexity index is 728. The summed E-state index contributed by atoms with van der Waals surface area (Å²) in [6.45, 7) is 2.02. The highest BCUT2D eigenvalue weighted by atomic mass is 32.2. The number of sulfone groups is 1. The van der Waals surface area contributed by atoms with E-state index in [2.05, 4.69) is 5.32 Å². The fraction of sp³-hybridized carbons (Fsp3) is 0.312. The number of urea groups is 1. The zero-order valence-corrected chi connectivity index (χ0v) is 14.7. The van der Waals surface area contributed by atoms with Crippen LogP contribution in [0.15, 0.2) is 52.7 Å². The monoisotopic (exact) mass is 352 g/mol. The van der Waals surface area contributed by atoms with Crippen molar-refractivity contribution in [2.45, 2.75) is 17.9 Å². The van der Waals surface area contributed by atoms with Crippen LogP contribution in [-0.4, -0.2) is 38.7 Å². The Morgan fingerprint density at radius 1 is 1.22 bits per heavy atom. The van der Waals surface area contributed by atoms with Gasteiger partial charge in [-0.1, -0.05) is 24.3 Å². The predicted octanol–water partition coefficient (Wildman–Crippen LogP) is 2.92. The van der Waals surface area contributed by atoms with E-state index >= 15 is 0 Å². The molecule has 0 radical (unpaired) electrons. The van der Waals surface area contributed by atoms with Gasteiger partial charge in [0.05, 0.1) is 16.7 Å². The Kier molecular flexibility index (Phi) is 5.79. The smallest absolute Gasteiger partial charge is 0.317 e. The van der Waals surface area contributed by atoms with Crippen LogP contribution in [0.5, 0.6) is 0 Å². The summed E-state index contributed by atoms with van der Waals surface area (Å²) in [6, 6.07) is 11.8. The van der Waals surface area contributed by atoms with Crippen molar-refractivity contribution < 1.29 is 13.2 Å². The van der Waals surface area contributed by atoms with E-state index in [9.17, 15) is 13.2 Å². The van der Waals surface area contributed by atoms with Crippen molar-refractivity contribution in [2.75, 3.05) is 19.3 Å². The fourth-order valence-corrected chi connectivity index (χ4v) is 4.06. The highest BCUT2D eigenvalue weighted by Gasteiger charge is 2.19. The van der Waals surface area contributed by atoms with Crippen molar-refractivity contribution in [1.29, 1.82) is 0 Å². The molecule has 1 unspecified atom stereocenters. The number of hydrogen-bond donors (Lipinski definition) is 1. The number of carbonyl (C=O) groups excluding carboxylic acids is 1. The maximum absolute atomic E-state index is 12.1. The molecule has 0 aliphatic carbocycles. The zero-order valence-electron chi connectivity index (χ0n) is 13.1. The average molecular weight is 352 g/mol. The molecule has 1 aromatic carbocycles. The molecule has 7 heteroatoms. The van der Waals surface area contributed by atoms with Gasteiger partial charge in [0.15, 0.2) is 9.84 Å². The van der Waals surface area contributed by atoms with Crippen molar-refractivity contribution in [3.05, 3.63) is 52.7 Å². The fourth-order valence-electron chi connectivity index (χ4n) is 2.06. The molecule has 0 bridgehead atoms. The van der Waals surface area contributed by atoms with Gasteiger partial charge in [-0.05, 0) is 30.5 Å². The first-order valence-electron chi connectivity index (χ1n) is 7.23. The Morgan fingerprint density at radius 2 is 1.91 bits per heavy atom. The van der Waals surface area contributed by atoms with E-state index in [-0.39, 0.29) is 29.3 Å². The molecule has 2 rings (SSSR count). The largest absolute Gasteiger partial charge is 0.337 e. The van der Waals surface area contributed by atoms with E-state index in [0.29, 0.717) is 0 Å². The van der Waals surface area contributed by atoms with Crippen LogP contribution < -0.4 is 5.32 Å². The number of nitrogens with zero attached hydrogens (tertiary/aromatic N) is 1. The SMILES string of the molecule is CC(c1cccs1)N(C)C(=O)NCCS(=O)(=O)c1ccccc1. The maximum Gasteiger partial charge on any atom is 0.317 e. The minimum Gasteiger partial charge on any atom is -0.337 e. The van der Waals surface area contributed by atoms with E-state index in [4.69, 9.17) is 0 Å². The van der Waals surface area contributed by atoms with Gasteiger partial charge in [-0.3, -0.25) is 0 Å². The molecule has 0 saturated heterocycles. The molecule has 23 heavy (non-hydrogen) atoms. The molecule has 5 nitrogen and oxygen atoms in total. The number of carbonyl (C=O) groups is 1. The minimum atomic E-state index is -3.38. The van der Waals surface area contributed by atoms with Crippen LogP contribution in [0.25, 0.3) is 0 Å². The van der Waals surface area contributed by atoms with Gasteiger partial charge in [-0.25, -0.2) is 13.2 Å². The standard InChI is InChI=1S/C16H20N2O3S2/c1-13(15-9-6-11-22-15)18(2)16(19)17-10-12-23(20,21)14-7-4-3-5-8-14/h3-9,11,13H,10,12H2,1-2H3,(H,17,19). The topological polar surface area (TPSA) is 66.5 Å². The van der Waals surface area contributed by atoms with Crippen molar-refractivity contribution in [3.8, 4) is 0 Å². The van der Waals surface area contributed by atoms with Gasteiger partial charge in [-0.15, -0.1) is 11.3 Å². The first-order chi connectivity index (χ1) is 10.9. The molecule has 2 amide bonds. The summed E-state index contributed by atoms with van der Waals surface area (Å²) in [7, 11) is -1.68. The molecule has 0 fully saturated rings. The second-order valence-electron chi connectivity index (χ2n) is 5.17. The first kappa shape index (κ1) is 17.5. The van der Waals surface area contributed by atoms with Crippen LogP contribution in [0.3, 0.4) is 0 Å². The number of amides is 2. The van der Waals surface area contributed by atoms with E-state index < -0.39 is 9.84 Å². The third-order valence-corrected chi connectivity index (χ3v) is 6.38. The van der Waals surface area contributed by atoms with Gasteiger partial charge >= 0.3 is 6.03 Å². The molecule has 1 heterocycles. The Hall–Kier alpha value is -1.86. The zero-order chi connectivity index (χ0) is 16.9. The lowest BCUT2D eigenvalue weighted by Crippen LogP contribution is -2.40. The predicted molar refractivity (Wildman–Crippen MR) is 92.4 cm³/mol. The number of thiophene rings is 1. The molecular formula is C16H20N2O3S2. The lowest BCUT2D eigenvalue weighted by molar-refractivity contribution is 0.196. The van der Waals surface area contributed by atoms with Crippen LogP contribution in [0.1, 0.15) is 17.8 Å². The van der Waals surface area contributed by atoms with Gasteiger partial charge in [-0.2, -0.15) is 0 Å². The third kappa shape index (κ3) is 4.56. The second kappa shape index (κ2) is 7.61. The number of nitrogens with one attached hydrogen (secondary N) is 1. The molecule has 0 aliphatic heterocycles. The quantitative estimate of drug-likeness (QED) is 0.869. The molecule has 1 aromatic heterocycles. The summed E-state index contributed by atoms with van der Waals surface area (Å²) in [5.41, 5.74) is 0. The van der Waals surface area contributed by atoms with Crippen LogP contribution in [0, 0.1) is 0 Å². The minimum absolute atomic E-state index is 0.0549. The van der Waals surface area contributed by atoms with Gasteiger partial charge in [0.1, 0.15) is 0 Å². The molecule has 1 N–H and O–H groups in total. The lowest BCUT2D eigenvalue weighted by Gasteiger charge is -2.24. The van der Waals surface area contributed by atoms with E-state index in [1.807, 2.05) is 24.4 Å². The molecule has 0 saturated carbocycles. The van der Waals surface area contributed by atoms with Crippen LogP contribution in [0.4, 0.5) is 4.79 Å².